The fourth-order valence-corrected chi connectivity index (χ4v) is 3.01. The molecule has 136 valence electrons. The number of anilines is 2. The second-order valence-electron chi connectivity index (χ2n) is 6.16. The van der Waals surface area contributed by atoms with Crippen molar-refractivity contribution in [3.8, 4) is 0 Å². The predicted octanol–water partition coefficient (Wildman–Crippen LogP) is 2.82. The fourth-order valence-electron chi connectivity index (χ4n) is 2.38. The Morgan fingerprint density at radius 1 is 1.15 bits per heavy atom. The smallest absolute Gasteiger partial charge is 0.293 e. The third-order valence-electron chi connectivity index (χ3n) is 3.93. The van der Waals surface area contributed by atoms with E-state index in [1.54, 1.807) is 0 Å². The lowest BCUT2D eigenvalue weighted by Gasteiger charge is -2.09. The molecular formula is C17H17N3O5S. The highest BCUT2D eigenvalue weighted by atomic mass is 32.2. The van der Waals surface area contributed by atoms with Crippen LogP contribution in [0.2, 0.25) is 0 Å². The minimum absolute atomic E-state index is 0.140. The van der Waals surface area contributed by atoms with E-state index in [9.17, 15) is 23.3 Å². The van der Waals surface area contributed by atoms with Crippen LogP contribution in [0.25, 0.3) is 0 Å². The summed E-state index contributed by atoms with van der Waals surface area (Å²) in [5.74, 6) is -0.516. The first kappa shape index (κ1) is 17.9. The van der Waals surface area contributed by atoms with Gasteiger partial charge in [-0.15, -0.1) is 0 Å². The van der Waals surface area contributed by atoms with E-state index in [1.807, 2.05) is 0 Å². The molecule has 2 aromatic rings. The standard InChI is InChI=1S/C17H17N3O5S/c1-26(24,25)14-7-5-13(6-8-14)19-17(21)11-2-9-15(18-12-3-4-12)16(10-11)20(22)23/h2,5-10,12,18H,3-4H2,1H3,(H,19,21). The lowest BCUT2D eigenvalue weighted by Crippen LogP contribution is -2.13. The Bertz CT molecular complexity index is 966. The van der Waals surface area contributed by atoms with Crippen molar-refractivity contribution in [1.29, 1.82) is 0 Å². The van der Waals surface area contributed by atoms with E-state index in [4.69, 9.17) is 0 Å². The molecule has 0 spiro atoms. The van der Waals surface area contributed by atoms with Crippen molar-refractivity contribution in [3.63, 3.8) is 0 Å². The van der Waals surface area contributed by atoms with Crippen LogP contribution < -0.4 is 10.6 Å². The molecule has 2 aromatic carbocycles. The zero-order valence-electron chi connectivity index (χ0n) is 13.9. The summed E-state index contributed by atoms with van der Waals surface area (Å²) in [4.78, 5) is 23.2. The summed E-state index contributed by atoms with van der Waals surface area (Å²) in [7, 11) is -3.32. The quantitative estimate of drug-likeness (QED) is 0.592. The highest BCUT2D eigenvalue weighted by molar-refractivity contribution is 7.90. The SMILES string of the molecule is CS(=O)(=O)c1ccc(NC(=O)c2ccc(NC3CC3)c([N+](=O)[O-])c2)cc1. The third kappa shape index (κ3) is 4.17. The zero-order chi connectivity index (χ0) is 18.9. The Balaban J connectivity index is 1.78. The first-order valence-corrected chi connectivity index (χ1v) is 9.79. The molecule has 9 heteroatoms. The van der Waals surface area contributed by atoms with E-state index in [1.165, 1.54) is 42.5 Å². The van der Waals surface area contributed by atoms with Gasteiger partial charge in [-0.25, -0.2) is 8.42 Å². The number of nitrogens with zero attached hydrogens (tertiary/aromatic N) is 1. The summed E-state index contributed by atoms with van der Waals surface area (Å²) in [5, 5.41) is 16.9. The average molecular weight is 375 g/mol. The molecule has 0 unspecified atom stereocenters. The van der Waals surface area contributed by atoms with Gasteiger partial charge in [0.1, 0.15) is 5.69 Å². The molecule has 0 bridgehead atoms. The number of sulfone groups is 1. The lowest BCUT2D eigenvalue weighted by atomic mass is 10.1. The van der Waals surface area contributed by atoms with Crippen LogP contribution in [0.1, 0.15) is 23.2 Å². The van der Waals surface area contributed by atoms with E-state index >= 15 is 0 Å². The van der Waals surface area contributed by atoms with Gasteiger partial charge >= 0.3 is 0 Å². The Morgan fingerprint density at radius 3 is 2.35 bits per heavy atom. The maximum absolute atomic E-state index is 12.3. The maximum atomic E-state index is 12.3. The topological polar surface area (TPSA) is 118 Å². The van der Waals surface area contributed by atoms with Gasteiger partial charge in [-0.1, -0.05) is 0 Å². The third-order valence-corrected chi connectivity index (χ3v) is 5.06. The van der Waals surface area contributed by atoms with Gasteiger partial charge in [0, 0.05) is 29.6 Å². The number of benzene rings is 2. The summed E-state index contributed by atoms with van der Waals surface area (Å²) >= 11 is 0. The summed E-state index contributed by atoms with van der Waals surface area (Å²) in [6.45, 7) is 0. The van der Waals surface area contributed by atoms with E-state index in [2.05, 4.69) is 10.6 Å². The molecule has 3 rings (SSSR count). The molecule has 0 radical (unpaired) electrons. The number of hydrogen-bond acceptors (Lipinski definition) is 6. The number of amides is 1. The van der Waals surface area contributed by atoms with Gasteiger partial charge in [0.25, 0.3) is 11.6 Å². The van der Waals surface area contributed by atoms with Crippen LogP contribution >= 0.6 is 0 Å². The first-order valence-electron chi connectivity index (χ1n) is 7.90. The summed E-state index contributed by atoms with van der Waals surface area (Å²) in [6, 6.07) is 10.2. The first-order chi connectivity index (χ1) is 12.2. The molecule has 0 aliphatic heterocycles. The van der Waals surface area contributed by atoms with Crippen molar-refractivity contribution in [2.45, 2.75) is 23.8 Å². The largest absolute Gasteiger partial charge is 0.377 e. The van der Waals surface area contributed by atoms with Gasteiger partial charge in [0.15, 0.2) is 9.84 Å². The van der Waals surface area contributed by atoms with Crippen LogP contribution in [-0.4, -0.2) is 31.5 Å². The van der Waals surface area contributed by atoms with Crippen LogP contribution in [0, 0.1) is 10.1 Å². The summed E-state index contributed by atoms with van der Waals surface area (Å²) in [5.41, 5.74) is 0.777. The highest BCUT2D eigenvalue weighted by Gasteiger charge is 2.25. The number of nitro benzene ring substituents is 1. The Kier molecular flexibility index (Phi) is 4.64. The molecule has 0 atom stereocenters. The Labute approximate surface area is 150 Å². The van der Waals surface area contributed by atoms with Crippen LogP contribution in [0.15, 0.2) is 47.4 Å². The molecule has 1 aliphatic carbocycles. The van der Waals surface area contributed by atoms with Crippen molar-refractivity contribution in [2.24, 2.45) is 0 Å². The minimum atomic E-state index is -3.32. The molecule has 0 saturated heterocycles. The van der Waals surface area contributed by atoms with Crippen LogP contribution in [0.3, 0.4) is 0 Å². The van der Waals surface area contributed by atoms with Crippen LogP contribution in [0.4, 0.5) is 17.1 Å². The maximum Gasteiger partial charge on any atom is 0.293 e. The molecule has 0 heterocycles. The van der Waals surface area contributed by atoms with Crippen molar-refractivity contribution >= 4 is 32.8 Å². The molecular weight excluding hydrogens is 358 g/mol. The monoisotopic (exact) mass is 375 g/mol. The van der Waals surface area contributed by atoms with E-state index in [0.29, 0.717) is 11.4 Å². The molecule has 26 heavy (non-hydrogen) atoms. The number of hydrogen-bond donors (Lipinski definition) is 2. The van der Waals surface area contributed by atoms with Crippen molar-refractivity contribution in [1.82, 2.24) is 0 Å². The second kappa shape index (κ2) is 6.75. The van der Waals surface area contributed by atoms with Gasteiger partial charge in [-0.05, 0) is 49.2 Å². The van der Waals surface area contributed by atoms with Crippen LogP contribution in [0.5, 0.6) is 0 Å². The number of carbonyl (C=O) groups is 1. The van der Waals surface area contributed by atoms with Crippen LogP contribution in [-0.2, 0) is 9.84 Å². The van der Waals surface area contributed by atoms with Gasteiger partial charge in [0.2, 0.25) is 0 Å². The van der Waals surface area contributed by atoms with E-state index in [-0.39, 0.29) is 22.2 Å². The normalized spacial score (nSPS) is 13.9. The van der Waals surface area contributed by atoms with Crippen molar-refractivity contribution in [2.75, 3.05) is 16.9 Å². The summed E-state index contributed by atoms with van der Waals surface area (Å²) in [6.07, 6.45) is 3.04. The van der Waals surface area contributed by atoms with Gasteiger partial charge in [-0.2, -0.15) is 0 Å². The van der Waals surface area contributed by atoms with Gasteiger partial charge in [-0.3, -0.25) is 14.9 Å². The Morgan fingerprint density at radius 2 is 1.81 bits per heavy atom. The van der Waals surface area contributed by atoms with Gasteiger partial charge in [0.05, 0.1) is 9.82 Å². The van der Waals surface area contributed by atoms with E-state index in [0.717, 1.165) is 19.1 Å². The number of rotatable bonds is 6. The van der Waals surface area contributed by atoms with E-state index < -0.39 is 20.7 Å². The second-order valence-corrected chi connectivity index (χ2v) is 8.17. The van der Waals surface area contributed by atoms with Gasteiger partial charge < -0.3 is 10.6 Å². The molecule has 1 saturated carbocycles. The minimum Gasteiger partial charge on any atom is -0.377 e. The zero-order valence-corrected chi connectivity index (χ0v) is 14.7. The highest BCUT2D eigenvalue weighted by Crippen LogP contribution is 2.31. The number of carbonyl (C=O) groups excluding carboxylic acids is 1. The number of nitro groups is 1. The predicted molar refractivity (Wildman–Crippen MR) is 97.2 cm³/mol. The molecule has 0 aromatic heterocycles. The molecule has 1 amide bonds. The Hall–Kier alpha value is -2.94. The molecule has 1 fully saturated rings. The van der Waals surface area contributed by atoms with Crippen molar-refractivity contribution < 1.29 is 18.1 Å². The molecule has 2 N–H and O–H groups in total. The molecule has 1 aliphatic rings. The fraction of sp³-hybridized carbons (Fsp3) is 0.235. The number of nitrogens with one attached hydrogen (secondary N) is 2. The molecule has 8 nitrogen and oxygen atoms in total. The van der Waals surface area contributed by atoms with Crippen molar-refractivity contribution in [3.05, 3.63) is 58.1 Å². The lowest BCUT2D eigenvalue weighted by molar-refractivity contribution is -0.384. The summed E-state index contributed by atoms with van der Waals surface area (Å²) < 4.78 is 22.9. The average Bonchev–Trinajstić information content (AvgIpc) is 3.38.